The summed E-state index contributed by atoms with van der Waals surface area (Å²) in [5, 5.41) is 3.68. The molecule has 2 unspecified atom stereocenters. The molecule has 0 amide bonds. The van der Waals surface area contributed by atoms with Gasteiger partial charge in [-0.3, -0.25) is 5.32 Å². The smallest absolute Gasteiger partial charge is 0.120 e. The average Bonchev–Trinajstić information content (AvgIpc) is 2.20. The van der Waals surface area contributed by atoms with E-state index in [0.29, 0.717) is 11.5 Å². The zero-order chi connectivity index (χ0) is 11.3. The van der Waals surface area contributed by atoms with Gasteiger partial charge in [-0.2, -0.15) is 0 Å². The Balaban J connectivity index is 2.16. The molecule has 1 aliphatic heterocycles. The fraction of sp³-hybridized carbons (Fsp3) is 1.00. The molecule has 0 aromatic heterocycles. The molecule has 88 valence electrons. The van der Waals surface area contributed by atoms with Gasteiger partial charge in [0.25, 0.3) is 0 Å². The predicted molar refractivity (Wildman–Crippen MR) is 62.7 cm³/mol. The van der Waals surface area contributed by atoms with Gasteiger partial charge in [-0.15, -0.1) is 0 Å². The summed E-state index contributed by atoms with van der Waals surface area (Å²) in [7, 11) is 0. The van der Waals surface area contributed by atoms with Gasteiger partial charge in [-0.05, 0) is 51.9 Å². The maximum atomic E-state index is 6.32. The highest BCUT2D eigenvalue weighted by molar-refractivity contribution is 5.00. The van der Waals surface area contributed by atoms with Gasteiger partial charge in [0, 0.05) is 6.04 Å². The average molecular weight is 211 g/mol. The fourth-order valence-corrected chi connectivity index (χ4v) is 3.54. The van der Waals surface area contributed by atoms with Crippen LogP contribution in [0, 0.1) is 5.41 Å². The molecule has 1 saturated heterocycles. The zero-order valence-electron chi connectivity index (χ0n) is 10.8. The van der Waals surface area contributed by atoms with Crippen LogP contribution in [0.1, 0.15) is 60.3 Å². The molecular formula is C13H25NO. The molecule has 2 fully saturated rings. The first kappa shape index (κ1) is 11.4. The van der Waals surface area contributed by atoms with Gasteiger partial charge in [0.1, 0.15) is 5.72 Å². The molecule has 1 N–H and O–H groups in total. The van der Waals surface area contributed by atoms with Gasteiger partial charge < -0.3 is 4.74 Å². The summed E-state index contributed by atoms with van der Waals surface area (Å²) in [5.41, 5.74) is 0.426. The van der Waals surface area contributed by atoms with E-state index in [0.717, 1.165) is 19.3 Å². The lowest BCUT2D eigenvalue weighted by Crippen LogP contribution is -2.60. The predicted octanol–water partition coefficient (Wildman–Crippen LogP) is 3.07. The summed E-state index contributed by atoms with van der Waals surface area (Å²) in [6.07, 6.45) is 4.68. The summed E-state index contributed by atoms with van der Waals surface area (Å²) < 4.78 is 6.32. The van der Waals surface area contributed by atoms with Crippen molar-refractivity contribution >= 4 is 0 Å². The van der Waals surface area contributed by atoms with Crippen LogP contribution in [0.2, 0.25) is 0 Å². The van der Waals surface area contributed by atoms with Crippen LogP contribution in [-0.4, -0.2) is 17.4 Å². The summed E-state index contributed by atoms with van der Waals surface area (Å²) in [6.45, 7) is 11.4. The molecule has 1 aliphatic carbocycles. The van der Waals surface area contributed by atoms with Crippen LogP contribution < -0.4 is 5.32 Å². The van der Waals surface area contributed by atoms with Crippen LogP contribution in [-0.2, 0) is 4.74 Å². The minimum atomic E-state index is -0.0370. The third kappa shape index (κ3) is 2.36. The van der Waals surface area contributed by atoms with Crippen LogP contribution in [0.3, 0.4) is 0 Å². The lowest BCUT2D eigenvalue weighted by atomic mass is 9.89. The lowest BCUT2D eigenvalue weighted by Gasteiger charge is -2.47. The van der Waals surface area contributed by atoms with Crippen LogP contribution in [0.15, 0.2) is 0 Å². The van der Waals surface area contributed by atoms with Crippen molar-refractivity contribution in [2.75, 3.05) is 0 Å². The first-order chi connectivity index (χ1) is 6.72. The number of rotatable bonds is 0. The summed E-state index contributed by atoms with van der Waals surface area (Å²) in [4.78, 5) is 0. The zero-order valence-corrected chi connectivity index (χ0v) is 10.8. The number of ether oxygens (including phenoxy) is 1. The number of nitrogens with one attached hydrogen (secondary N) is 1. The molecular weight excluding hydrogens is 186 g/mol. The van der Waals surface area contributed by atoms with Crippen molar-refractivity contribution in [1.82, 2.24) is 5.32 Å². The molecule has 0 aromatic carbocycles. The monoisotopic (exact) mass is 211 g/mol. The summed E-state index contributed by atoms with van der Waals surface area (Å²) >= 11 is 0. The summed E-state index contributed by atoms with van der Waals surface area (Å²) in [6, 6.07) is 0.572. The fourth-order valence-electron chi connectivity index (χ4n) is 3.54. The highest BCUT2D eigenvalue weighted by Crippen LogP contribution is 2.48. The van der Waals surface area contributed by atoms with E-state index >= 15 is 0 Å². The van der Waals surface area contributed by atoms with Crippen LogP contribution in [0.5, 0.6) is 0 Å². The Bertz CT molecular complexity index is 259. The second kappa shape index (κ2) is 3.21. The molecule has 2 nitrogen and oxygen atoms in total. The summed E-state index contributed by atoms with van der Waals surface area (Å²) in [5.74, 6) is 0. The Hall–Kier alpha value is -0.0800. The number of hydrogen-bond donors (Lipinski definition) is 1. The minimum Gasteiger partial charge on any atom is -0.355 e. The molecule has 0 bridgehead atoms. The van der Waals surface area contributed by atoms with Crippen molar-refractivity contribution in [2.45, 2.75) is 77.7 Å². The van der Waals surface area contributed by atoms with Crippen LogP contribution in [0.4, 0.5) is 0 Å². The third-order valence-corrected chi connectivity index (χ3v) is 3.75. The van der Waals surface area contributed by atoms with E-state index in [4.69, 9.17) is 4.74 Å². The molecule has 2 aliphatic rings. The first-order valence-corrected chi connectivity index (χ1v) is 6.20. The van der Waals surface area contributed by atoms with Crippen LogP contribution >= 0.6 is 0 Å². The topological polar surface area (TPSA) is 21.3 Å². The van der Waals surface area contributed by atoms with E-state index < -0.39 is 0 Å². The molecule has 2 rings (SSSR count). The SMILES string of the molecule is CC1CC(C)(C)OC2(CCC(C)(C)C2)N1. The van der Waals surface area contributed by atoms with E-state index in [1.165, 1.54) is 6.42 Å². The molecule has 0 radical (unpaired) electrons. The van der Waals surface area contributed by atoms with E-state index in [9.17, 15) is 0 Å². The van der Waals surface area contributed by atoms with E-state index in [-0.39, 0.29) is 11.3 Å². The Labute approximate surface area is 93.8 Å². The van der Waals surface area contributed by atoms with Gasteiger partial charge in [0.05, 0.1) is 5.60 Å². The van der Waals surface area contributed by atoms with Gasteiger partial charge >= 0.3 is 0 Å². The van der Waals surface area contributed by atoms with Crippen molar-refractivity contribution in [3.8, 4) is 0 Å². The van der Waals surface area contributed by atoms with E-state index in [2.05, 4.69) is 39.9 Å². The standard InChI is InChI=1S/C13H25NO/c1-10-8-12(4,5)15-13(14-10)7-6-11(2,3)9-13/h10,14H,6-9H2,1-5H3. The van der Waals surface area contributed by atoms with Crippen molar-refractivity contribution < 1.29 is 4.74 Å². The minimum absolute atomic E-state index is 0.0328. The molecule has 1 saturated carbocycles. The van der Waals surface area contributed by atoms with E-state index in [1.54, 1.807) is 0 Å². The van der Waals surface area contributed by atoms with Crippen molar-refractivity contribution in [1.29, 1.82) is 0 Å². The molecule has 1 heterocycles. The Morgan fingerprint density at radius 2 is 1.80 bits per heavy atom. The molecule has 1 spiro atoms. The largest absolute Gasteiger partial charge is 0.355 e. The Kier molecular flexibility index (Phi) is 2.44. The normalized spacial score (nSPS) is 43.4. The quantitative estimate of drug-likeness (QED) is 0.665. The third-order valence-electron chi connectivity index (χ3n) is 3.75. The van der Waals surface area contributed by atoms with Crippen molar-refractivity contribution in [2.24, 2.45) is 5.41 Å². The van der Waals surface area contributed by atoms with Gasteiger partial charge in [0.15, 0.2) is 0 Å². The maximum absolute atomic E-state index is 6.32. The van der Waals surface area contributed by atoms with Gasteiger partial charge in [-0.1, -0.05) is 13.8 Å². The molecule has 15 heavy (non-hydrogen) atoms. The van der Waals surface area contributed by atoms with Crippen LogP contribution in [0.25, 0.3) is 0 Å². The Morgan fingerprint density at radius 1 is 1.13 bits per heavy atom. The van der Waals surface area contributed by atoms with Gasteiger partial charge in [0.2, 0.25) is 0 Å². The molecule has 0 aromatic rings. The van der Waals surface area contributed by atoms with E-state index in [1.807, 2.05) is 0 Å². The van der Waals surface area contributed by atoms with Gasteiger partial charge in [-0.25, -0.2) is 0 Å². The Morgan fingerprint density at radius 3 is 2.27 bits per heavy atom. The highest BCUT2D eigenvalue weighted by Gasteiger charge is 2.50. The highest BCUT2D eigenvalue weighted by atomic mass is 16.5. The maximum Gasteiger partial charge on any atom is 0.120 e. The van der Waals surface area contributed by atoms with Crippen molar-refractivity contribution in [3.63, 3.8) is 0 Å². The molecule has 2 heteroatoms. The van der Waals surface area contributed by atoms with Crippen molar-refractivity contribution in [3.05, 3.63) is 0 Å². The molecule has 2 atom stereocenters. The second-order valence-electron chi connectivity index (χ2n) is 6.95. The lowest BCUT2D eigenvalue weighted by molar-refractivity contribution is -0.196. The number of hydrogen-bond acceptors (Lipinski definition) is 2. The first-order valence-electron chi connectivity index (χ1n) is 6.20. The second-order valence-corrected chi connectivity index (χ2v) is 6.95.